The van der Waals surface area contributed by atoms with Crippen molar-refractivity contribution < 1.29 is 13.2 Å². The molecule has 20 heavy (non-hydrogen) atoms. The molecule has 0 radical (unpaired) electrons. The molecule has 112 valence electrons. The highest BCUT2D eigenvalue weighted by molar-refractivity contribution is 9.10. The van der Waals surface area contributed by atoms with Crippen molar-refractivity contribution in [2.45, 2.75) is 24.2 Å². The summed E-state index contributed by atoms with van der Waals surface area (Å²) < 4.78 is 32.4. The van der Waals surface area contributed by atoms with Crippen molar-refractivity contribution in [1.82, 2.24) is 4.31 Å². The first-order valence-corrected chi connectivity index (χ1v) is 9.03. The van der Waals surface area contributed by atoms with Gasteiger partial charge < -0.3 is 4.74 Å². The van der Waals surface area contributed by atoms with E-state index in [0.717, 1.165) is 36.9 Å². The zero-order valence-electron chi connectivity index (χ0n) is 11.6. The Morgan fingerprint density at radius 3 is 2.45 bits per heavy atom. The molecular formula is C14H20BrNO3S. The fourth-order valence-electron chi connectivity index (χ4n) is 2.31. The lowest BCUT2D eigenvalue weighted by Gasteiger charge is -2.24. The van der Waals surface area contributed by atoms with Gasteiger partial charge in [-0.25, -0.2) is 12.7 Å². The Bertz CT molecular complexity index is 524. The second-order valence-corrected chi connectivity index (χ2v) is 8.09. The molecule has 0 unspecified atom stereocenters. The number of ether oxygens (including phenoxy) is 1. The van der Waals surface area contributed by atoms with Crippen LogP contribution in [0.4, 0.5) is 0 Å². The molecule has 6 heteroatoms. The fourth-order valence-corrected chi connectivity index (χ4v) is 3.76. The van der Waals surface area contributed by atoms with E-state index >= 15 is 0 Å². The van der Waals surface area contributed by atoms with Crippen LogP contribution in [0, 0.1) is 5.92 Å². The third-order valence-corrected chi connectivity index (χ3v) is 6.11. The van der Waals surface area contributed by atoms with Crippen LogP contribution in [-0.2, 0) is 14.8 Å². The monoisotopic (exact) mass is 361 g/mol. The number of rotatable bonds is 5. The summed E-state index contributed by atoms with van der Waals surface area (Å²) in [5.74, 6) is 0.575. The predicted molar refractivity (Wildman–Crippen MR) is 82.1 cm³/mol. The topological polar surface area (TPSA) is 46.6 Å². The van der Waals surface area contributed by atoms with Gasteiger partial charge in [0, 0.05) is 31.3 Å². The van der Waals surface area contributed by atoms with E-state index in [0.29, 0.717) is 17.4 Å². The number of hydrogen-bond donors (Lipinski definition) is 0. The van der Waals surface area contributed by atoms with E-state index in [4.69, 9.17) is 4.74 Å². The average Bonchev–Trinajstić information content (AvgIpc) is 2.46. The van der Waals surface area contributed by atoms with Crippen molar-refractivity contribution in [3.63, 3.8) is 0 Å². The second kappa shape index (κ2) is 7.02. The molecule has 1 fully saturated rings. The lowest BCUT2D eigenvalue weighted by molar-refractivity contribution is 0.0628. The molecule has 1 aliphatic heterocycles. The summed E-state index contributed by atoms with van der Waals surface area (Å²) in [5.41, 5.74) is 0. The average molecular weight is 362 g/mol. The fraction of sp³-hybridized carbons (Fsp3) is 0.571. The largest absolute Gasteiger partial charge is 0.381 e. The summed E-state index contributed by atoms with van der Waals surface area (Å²) in [7, 11) is -1.73. The highest BCUT2D eigenvalue weighted by atomic mass is 79.9. The molecule has 1 aromatic carbocycles. The van der Waals surface area contributed by atoms with Crippen LogP contribution in [0.25, 0.3) is 0 Å². The molecule has 0 aliphatic carbocycles. The Hall–Kier alpha value is -0.430. The number of halogens is 1. The lowest BCUT2D eigenvalue weighted by atomic mass is 9.97. The van der Waals surface area contributed by atoms with Gasteiger partial charge in [0.2, 0.25) is 10.0 Å². The summed E-state index contributed by atoms with van der Waals surface area (Å²) in [5, 5.41) is 0. The third-order valence-electron chi connectivity index (χ3n) is 3.71. The Morgan fingerprint density at radius 2 is 1.85 bits per heavy atom. The highest BCUT2D eigenvalue weighted by Gasteiger charge is 2.22. The Morgan fingerprint density at radius 1 is 1.25 bits per heavy atom. The smallest absolute Gasteiger partial charge is 0.242 e. The predicted octanol–water partition coefficient (Wildman–Crippen LogP) is 2.89. The number of benzene rings is 1. The standard InChI is InChI=1S/C14H20BrNO3S/c1-16(9-6-12-7-10-19-11-8-12)20(17,18)14-4-2-13(15)3-5-14/h2-5,12H,6-11H2,1H3. The highest BCUT2D eigenvalue weighted by Crippen LogP contribution is 2.21. The van der Waals surface area contributed by atoms with Crippen LogP contribution >= 0.6 is 15.9 Å². The minimum atomic E-state index is -3.38. The molecule has 1 aromatic rings. The van der Waals surface area contributed by atoms with Crippen molar-refractivity contribution in [2.24, 2.45) is 5.92 Å². The van der Waals surface area contributed by atoms with Gasteiger partial charge >= 0.3 is 0 Å². The third kappa shape index (κ3) is 4.04. The quantitative estimate of drug-likeness (QED) is 0.809. The maximum absolute atomic E-state index is 12.4. The van der Waals surface area contributed by atoms with E-state index in [1.807, 2.05) is 0 Å². The number of hydrogen-bond acceptors (Lipinski definition) is 3. The van der Waals surface area contributed by atoms with Gasteiger partial charge in [-0.1, -0.05) is 15.9 Å². The van der Waals surface area contributed by atoms with E-state index in [1.165, 1.54) is 4.31 Å². The summed E-state index contributed by atoms with van der Waals surface area (Å²) in [6.07, 6.45) is 2.97. The van der Waals surface area contributed by atoms with Crippen LogP contribution in [0.15, 0.2) is 33.6 Å². The molecule has 2 rings (SSSR count). The first-order chi connectivity index (χ1) is 9.50. The van der Waals surface area contributed by atoms with Gasteiger partial charge in [0.15, 0.2) is 0 Å². The van der Waals surface area contributed by atoms with Crippen LogP contribution in [0.3, 0.4) is 0 Å². The minimum absolute atomic E-state index is 0.343. The minimum Gasteiger partial charge on any atom is -0.381 e. The van der Waals surface area contributed by atoms with Crippen molar-refractivity contribution in [3.05, 3.63) is 28.7 Å². The Labute approximate surface area is 129 Å². The first kappa shape index (κ1) is 15.9. The molecule has 0 aromatic heterocycles. The molecule has 1 heterocycles. The molecule has 0 amide bonds. The van der Waals surface area contributed by atoms with Gasteiger partial charge in [-0.3, -0.25) is 0 Å². The van der Waals surface area contributed by atoms with Gasteiger partial charge in [-0.05, 0) is 49.4 Å². The van der Waals surface area contributed by atoms with Gasteiger partial charge in [-0.15, -0.1) is 0 Å². The molecule has 0 spiro atoms. The van der Waals surface area contributed by atoms with Crippen LogP contribution in [0.1, 0.15) is 19.3 Å². The van der Waals surface area contributed by atoms with Gasteiger partial charge in [0.05, 0.1) is 4.90 Å². The Balaban J connectivity index is 1.96. The van der Waals surface area contributed by atoms with Crippen molar-refractivity contribution >= 4 is 26.0 Å². The zero-order valence-corrected chi connectivity index (χ0v) is 14.0. The van der Waals surface area contributed by atoms with Gasteiger partial charge in [0.1, 0.15) is 0 Å². The molecule has 1 aliphatic rings. The van der Waals surface area contributed by atoms with Crippen LogP contribution < -0.4 is 0 Å². The zero-order chi connectivity index (χ0) is 14.6. The normalized spacial score (nSPS) is 17.6. The van der Waals surface area contributed by atoms with E-state index in [1.54, 1.807) is 31.3 Å². The van der Waals surface area contributed by atoms with Crippen molar-refractivity contribution in [2.75, 3.05) is 26.8 Å². The molecule has 0 N–H and O–H groups in total. The second-order valence-electron chi connectivity index (χ2n) is 5.12. The molecule has 4 nitrogen and oxygen atoms in total. The van der Waals surface area contributed by atoms with Crippen molar-refractivity contribution in [1.29, 1.82) is 0 Å². The maximum Gasteiger partial charge on any atom is 0.242 e. The Kier molecular flexibility index (Phi) is 5.60. The van der Waals surface area contributed by atoms with E-state index in [2.05, 4.69) is 15.9 Å². The molecule has 1 saturated heterocycles. The van der Waals surface area contributed by atoms with E-state index in [-0.39, 0.29) is 0 Å². The first-order valence-electron chi connectivity index (χ1n) is 6.80. The van der Waals surface area contributed by atoms with E-state index < -0.39 is 10.0 Å². The van der Waals surface area contributed by atoms with Crippen LogP contribution in [0.2, 0.25) is 0 Å². The molecule has 0 bridgehead atoms. The molecule has 0 atom stereocenters. The molecular weight excluding hydrogens is 342 g/mol. The molecule has 0 saturated carbocycles. The van der Waals surface area contributed by atoms with Crippen LogP contribution in [-0.4, -0.2) is 39.5 Å². The number of sulfonamides is 1. The summed E-state index contributed by atoms with van der Waals surface area (Å²) in [4.78, 5) is 0.343. The lowest BCUT2D eigenvalue weighted by Crippen LogP contribution is -2.30. The summed E-state index contributed by atoms with van der Waals surface area (Å²) >= 11 is 3.31. The summed E-state index contributed by atoms with van der Waals surface area (Å²) in [6.45, 7) is 2.16. The van der Waals surface area contributed by atoms with Crippen molar-refractivity contribution in [3.8, 4) is 0 Å². The number of nitrogens with zero attached hydrogens (tertiary/aromatic N) is 1. The SMILES string of the molecule is CN(CCC1CCOCC1)S(=O)(=O)c1ccc(Br)cc1. The van der Waals surface area contributed by atoms with Gasteiger partial charge in [0.25, 0.3) is 0 Å². The van der Waals surface area contributed by atoms with Crippen LogP contribution in [0.5, 0.6) is 0 Å². The van der Waals surface area contributed by atoms with E-state index in [9.17, 15) is 8.42 Å². The summed E-state index contributed by atoms with van der Waals surface area (Å²) in [6, 6.07) is 6.76. The maximum atomic E-state index is 12.4. The van der Waals surface area contributed by atoms with Gasteiger partial charge in [-0.2, -0.15) is 0 Å².